The zero-order valence-corrected chi connectivity index (χ0v) is 18.7. The first-order chi connectivity index (χ1) is 15.4. The lowest BCUT2D eigenvalue weighted by molar-refractivity contribution is -0.137. The molecule has 1 aromatic rings. The Kier molecular flexibility index (Phi) is 7.03. The Balaban J connectivity index is 1.64. The van der Waals surface area contributed by atoms with Crippen LogP contribution in [0.25, 0.3) is 0 Å². The number of carbonyl (C=O) groups is 1. The average molecular weight is 463 g/mol. The summed E-state index contributed by atoms with van der Waals surface area (Å²) < 4.78 is 38.2. The molecule has 1 unspecified atom stereocenters. The molecule has 0 bridgehead atoms. The minimum absolute atomic E-state index is 0.155. The molecule has 1 saturated heterocycles. The smallest absolute Gasteiger partial charge is 0.386 e. The van der Waals surface area contributed by atoms with E-state index in [9.17, 15) is 23.2 Å². The molecule has 1 aliphatic carbocycles. The molecule has 2 fully saturated rings. The minimum atomic E-state index is -4.46. The van der Waals surface area contributed by atoms with Gasteiger partial charge in [0.1, 0.15) is 5.84 Å². The van der Waals surface area contributed by atoms with Crippen LogP contribution < -0.4 is 16.4 Å². The highest BCUT2D eigenvalue weighted by atomic mass is 19.4. The van der Waals surface area contributed by atoms with Crippen LogP contribution in [0.4, 0.5) is 18.9 Å². The zero-order chi connectivity index (χ0) is 24.4. The molecule has 1 aliphatic heterocycles. The van der Waals surface area contributed by atoms with Crippen LogP contribution in [0.1, 0.15) is 45.1 Å². The number of rotatable bonds is 6. The number of anilines is 1. The number of amides is 1. The topological polar surface area (TPSA) is 118 Å². The number of hydrogen-bond acceptors (Lipinski definition) is 5. The van der Waals surface area contributed by atoms with Crippen LogP contribution in [0.5, 0.6) is 0 Å². The summed E-state index contributed by atoms with van der Waals surface area (Å²) in [7, 11) is 0. The number of amidine groups is 1. The number of primary amides is 1. The minimum Gasteiger partial charge on any atom is -0.386 e. The molecule has 7 nitrogen and oxygen atoms in total. The Morgan fingerprint density at radius 1 is 1.30 bits per heavy atom. The van der Waals surface area contributed by atoms with Crippen molar-refractivity contribution >= 4 is 17.4 Å². The molecule has 2 aliphatic rings. The molecular weight excluding hydrogens is 433 g/mol. The molecule has 3 rings (SSSR count). The van der Waals surface area contributed by atoms with Crippen molar-refractivity contribution in [1.29, 1.82) is 10.7 Å². The van der Waals surface area contributed by atoms with Crippen LogP contribution in [-0.2, 0) is 11.0 Å². The summed E-state index contributed by atoms with van der Waals surface area (Å²) in [6.45, 7) is 5.45. The van der Waals surface area contributed by atoms with Crippen LogP contribution in [0.2, 0.25) is 0 Å². The van der Waals surface area contributed by atoms with E-state index < -0.39 is 17.6 Å². The van der Waals surface area contributed by atoms with Gasteiger partial charge in [-0.05, 0) is 63.8 Å². The highest BCUT2D eigenvalue weighted by Gasteiger charge is 2.43. The maximum absolute atomic E-state index is 12.7. The van der Waals surface area contributed by atoms with E-state index in [2.05, 4.69) is 35.5 Å². The third kappa shape index (κ3) is 5.66. The SMILES string of the molecule is CC1(C)CCN1[C@@H]1CC[C@H](N/C=C(\C(=N)Nc2ccc(C(F)(F)F)cc2)C(N)=O)C(C#N)C1. The summed E-state index contributed by atoms with van der Waals surface area (Å²) in [5.41, 5.74) is 4.83. The third-order valence-corrected chi connectivity index (χ3v) is 6.63. The number of benzene rings is 1. The van der Waals surface area contributed by atoms with Gasteiger partial charge in [-0.1, -0.05) is 0 Å². The summed E-state index contributed by atoms with van der Waals surface area (Å²) in [6, 6.07) is 6.63. The predicted molar refractivity (Wildman–Crippen MR) is 119 cm³/mol. The lowest BCUT2D eigenvalue weighted by atomic mass is 9.77. The molecule has 0 spiro atoms. The van der Waals surface area contributed by atoms with Gasteiger partial charge >= 0.3 is 6.18 Å². The van der Waals surface area contributed by atoms with Crippen LogP contribution in [0.15, 0.2) is 36.0 Å². The van der Waals surface area contributed by atoms with Gasteiger partial charge < -0.3 is 16.4 Å². The first kappa shape index (κ1) is 24.6. The summed E-state index contributed by atoms with van der Waals surface area (Å²) in [5, 5.41) is 23.5. The number of nitrogens with two attached hydrogens (primary N) is 1. The van der Waals surface area contributed by atoms with Gasteiger partial charge in [0, 0.05) is 36.1 Å². The van der Waals surface area contributed by atoms with Gasteiger partial charge in [-0.2, -0.15) is 18.4 Å². The summed E-state index contributed by atoms with van der Waals surface area (Å²) in [6.07, 6.45) is 0.373. The fourth-order valence-corrected chi connectivity index (χ4v) is 4.55. The lowest BCUT2D eigenvalue weighted by Gasteiger charge is -2.54. The Hall–Kier alpha value is -3.06. The van der Waals surface area contributed by atoms with Crippen LogP contribution in [-0.4, -0.2) is 40.8 Å². The Morgan fingerprint density at radius 2 is 1.97 bits per heavy atom. The number of hydrogen-bond donors (Lipinski definition) is 4. The molecule has 1 heterocycles. The van der Waals surface area contributed by atoms with Gasteiger partial charge in [-0.3, -0.25) is 15.1 Å². The number of likely N-dealkylation sites (tertiary alicyclic amines) is 1. The van der Waals surface area contributed by atoms with Gasteiger partial charge in [-0.25, -0.2) is 0 Å². The summed E-state index contributed by atoms with van der Waals surface area (Å²) >= 11 is 0. The van der Waals surface area contributed by atoms with Crippen molar-refractivity contribution in [1.82, 2.24) is 10.2 Å². The summed E-state index contributed by atoms with van der Waals surface area (Å²) in [4.78, 5) is 14.4. The van der Waals surface area contributed by atoms with E-state index >= 15 is 0 Å². The third-order valence-electron chi connectivity index (χ3n) is 6.63. The van der Waals surface area contributed by atoms with E-state index in [1.54, 1.807) is 0 Å². The maximum atomic E-state index is 12.7. The molecule has 33 heavy (non-hydrogen) atoms. The molecule has 1 aromatic carbocycles. The molecule has 10 heteroatoms. The van der Waals surface area contributed by atoms with E-state index in [1.807, 2.05) is 0 Å². The quantitative estimate of drug-likeness (QED) is 0.293. The number of alkyl halides is 3. The van der Waals surface area contributed by atoms with Crippen molar-refractivity contribution in [2.75, 3.05) is 11.9 Å². The van der Waals surface area contributed by atoms with Crippen molar-refractivity contribution < 1.29 is 18.0 Å². The van der Waals surface area contributed by atoms with E-state index in [4.69, 9.17) is 11.1 Å². The van der Waals surface area contributed by atoms with Crippen molar-refractivity contribution in [3.8, 4) is 6.07 Å². The fraction of sp³-hybridized carbons (Fsp3) is 0.522. The number of carbonyl (C=O) groups excluding carboxylic acids is 1. The van der Waals surface area contributed by atoms with Crippen molar-refractivity contribution in [3.63, 3.8) is 0 Å². The zero-order valence-electron chi connectivity index (χ0n) is 18.7. The largest absolute Gasteiger partial charge is 0.416 e. The maximum Gasteiger partial charge on any atom is 0.416 e. The molecule has 5 N–H and O–H groups in total. The number of nitriles is 1. The summed E-state index contributed by atoms with van der Waals surface area (Å²) in [5.74, 6) is -1.47. The van der Waals surface area contributed by atoms with Gasteiger partial charge in [0.15, 0.2) is 0 Å². The highest BCUT2D eigenvalue weighted by Crippen LogP contribution is 2.38. The van der Waals surface area contributed by atoms with Crippen molar-refractivity contribution in [3.05, 3.63) is 41.6 Å². The fourth-order valence-electron chi connectivity index (χ4n) is 4.55. The average Bonchev–Trinajstić information content (AvgIpc) is 2.73. The first-order valence-electron chi connectivity index (χ1n) is 10.9. The Morgan fingerprint density at radius 3 is 2.45 bits per heavy atom. The predicted octanol–water partition coefficient (Wildman–Crippen LogP) is 3.60. The van der Waals surface area contributed by atoms with Gasteiger partial charge in [-0.15, -0.1) is 0 Å². The van der Waals surface area contributed by atoms with E-state index in [0.29, 0.717) is 6.04 Å². The molecule has 178 valence electrons. The Labute approximate surface area is 191 Å². The lowest BCUT2D eigenvalue weighted by Crippen LogP contribution is -2.61. The van der Waals surface area contributed by atoms with E-state index in [1.165, 1.54) is 18.3 Å². The van der Waals surface area contributed by atoms with E-state index in [-0.39, 0.29) is 34.6 Å². The van der Waals surface area contributed by atoms with Crippen molar-refractivity contribution in [2.24, 2.45) is 11.7 Å². The molecule has 0 radical (unpaired) electrons. The van der Waals surface area contributed by atoms with E-state index in [0.717, 1.165) is 44.4 Å². The second kappa shape index (κ2) is 9.43. The molecule has 1 amide bonds. The molecular formula is C23H29F3N6O. The number of nitrogens with one attached hydrogen (secondary N) is 3. The second-order valence-electron chi connectivity index (χ2n) is 9.23. The number of halogens is 3. The van der Waals surface area contributed by atoms with Gasteiger partial charge in [0.2, 0.25) is 0 Å². The van der Waals surface area contributed by atoms with Crippen LogP contribution in [0, 0.1) is 22.7 Å². The van der Waals surface area contributed by atoms with Gasteiger partial charge in [0.05, 0.1) is 23.1 Å². The van der Waals surface area contributed by atoms with Gasteiger partial charge in [0.25, 0.3) is 5.91 Å². The monoisotopic (exact) mass is 462 g/mol. The van der Waals surface area contributed by atoms with Crippen molar-refractivity contribution in [2.45, 2.75) is 63.3 Å². The first-order valence-corrected chi connectivity index (χ1v) is 10.9. The molecule has 1 saturated carbocycles. The molecule has 3 atom stereocenters. The highest BCUT2D eigenvalue weighted by molar-refractivity contribution is 6.23. The standard InChI is InChI=1S/C23H29F3N6O/c1-22(2)9-10-32(22)17-7-8-19(14(11-17)12-27)30-13-18(21(29)33)20(28)31-16-5-3-15(4-6-16)23(24,25)26/h3-6,13-14,17,19,30H,7-11H2,1-2H3,(H2,28,31)(H2,29,33)/b18-13+/t14?,17-,19+/m1/s1. The van der Waals surface area contributed by atoms with Crippen LogP contribution >= 0.6 is 0 Å². The Bertz CT molecular complexity index is 964. The van der Waals surface area contributed by atoms with Crippen LogP contribution in [0.3, 0.4) is 0 Å². The molecule has 0 aromatic heterocycles. The normalized spacial score (nSPS) is 25.5. The number of nitrogens with zero attached hydrogens (tertiary/aromatic N) is 2. The second-order valence-corrected chi connectivity index (χ2v) is 9.23.